The maximum atomic E-state index is 14.0. The number of ether oxygens (including phenoxy) is 1. The lowest BCUT2D eigenvalue weighted by molar-refractivity contribution is -0.139. The summed E-state index contributed by atoms with van der Waals surface area (Å²) < 4.78 is 5.21. The molecule has 4 heterocycles. The highest BCUT2D eigenvalue weighted by atomic mass is 32.2. The summed E-state index contributed by atoms with van der Waals surface area (Å²) in [4.78, 5) is 36.9. The first-order valence-corrected chi connectivity index (χ1v) is 17.9. The molecule has 5 rings (SSSR count). The van der Waals surface area contributed by atoms with Crippen molar-refractivity contribution >= 4 is 29.7 Å². The third-order valence-electron chi connectivity index (χ3n) is 9.86. The van der Waals surface area contributed by atoms with Gasteiger partial charge in [0.1, 0.15) is 0 Å². The van der Waals surface area contributed by atoms with Gasteiger partial charge in [-0.1, -0.05) is 44.6 Å². The average Bonchev–Trinajstić information content (AvgIpc) is 3.74. The zero-order chi connectivity index (χ0) is 32.3. The predicted molar refractivity (Wildman–Crippen MR) is 184 cm³/mol. The molecule has 45 heavy (non-hydrogen) atoms. The summed E-state index contributed by atoms with van der Waals surface area (Å²) in [5, 5.41) is 10.4. The fourth-order valence-electron chi connectivity index (χ4n) is 7.51. The van der Waals surface area contributed by atoms with Gasteiger partial charge in [0.05, 0.1) is 17.4 Å². The summed E-state index contributed by atoms with van der Waals surface area (Å²) in [6.45, 7) is 19.9. The number of aliphatic imine (C=N–C) groups is 1. The largest absolute Gasteiger partial charge is 0.450 e. The maximum Gasteiger partial charge on any atom is 0.413 e. The van der Waals surface area contributed by atoms with E-state index in [-0.39, 0.29) is 23.1 Å². The number of rotatable bonds is 8. The predicted octanol–water partition coefficient (Wildman–Crippen LogP) is 5.40. The molecule has 248 valence electrons. The zero-order valence-electron chi connectivity index (χ0n) is 28.4. The first kappa shape index (κ1) is 33.6. The van der Waals surface area contributed by atoms with E-state index < -0.39 is 11.5 Å². The fourth-order valence-corrected chi connectivity index (χ4v) is 8.94. The molecule has 2 fully saturated rings. The van der Waals surface area contributed by atoms with Gasteiger partial charge in [0, 0.05) is 56.9 Å². The van der Waals surface area contributed by atoms with E-state index in [0.717, 1.165) is 63.3 Å². The van der Waals surface area contributed by atoms with E-state index in [1.165, 1.54) is 22.4 Å². The lowest BCUT2D eigenvalue weighted by atomic mass is 9.83. The van der Waals surface area contributed by atoms with Crippen LogP contribution in [0.25, 0.3) is 0 Å². The molecular weight excluding hydrogens is 584 g/mol. The van der Waals surface area contributed by atoms with Crippen molar-refractivity contribution in [3.05, 3.63) is 45.5 Å². The van der Waals surface area contributed by atoms with Crippen molar-refractivity contribution in [2.45, 2.75) is 85.6 Å². The molecule has 10 heteroatoms. The van der Waals surface area contributed by atoms with Crippen molar-refractivity contribution in [2.75, 3.05) is 45.9 Å². The second-order valence-electron chi connectivity index (χ2n) is 13.8. The standard InChI is InChI=1S/C35H54N6O3S/c1-8-26-11-10-14-41(26)32(42)35(6,7)28-20-27-29(30(38-31(27)45-28)25-18-22(3)17-23(4)19-25)24(5)21-37-33(39-34(43)44-9-2)40-15-12-36-13-16-40/h18-20,22,24,26-27,31,36,38H,8-17,21H2,1-7H3,(H,37,39,43)/t22?,24-,26?,27?,31?/m1/s1. The summed E-state index contributed by atoms with van der Waals surface area (Å²) in [6.07, 6.45) is 10.9. The molecule has 0 aromatic carbocycles. The first-order valence-electron chi connectivity index (χ1n) is 17.1. The molecule has 4 unspecified atom stereocenters. The van der Waals surface area contributed by atoms with Gasteiger partial charge in [-0.3, -0.25) is 15.1 Å². The number of fused-ring (bicyclic) bond motifs is 1. The lowest BCUT2D eigenvalue weighted by Crippen LogP contribution is -2.52. The number of carbonyl (C=O) groups is 2. The number of nitrogens with zero attached hydrogens (tertiary/aromatic N) is 3. The van der Waals surface area contributed by atoms with Gasteiger partial charge >= 0.3 is 6.09 Å². The average molecular weight is 639 g/mol. The summed E-state index contributed by atoms with van der Waals surface area (Å²) in [6, 6.07) is 0.352. The molecule has 0 radical (unpaired) electrons. The molecule has 3 N–H and O–H groups in total. The van der Waals surface area contributed by atoms with Crippen LogP contribution < -0.4 is 16.0 Å². The summed E-state index contributed by atoms with van der Waals surface area (Å²) in [7, 11) is 0. The second kappa shape index (κ2) is 14.4. The Hall–Kier alpha value is -2.72. The van der Waals surface area contributed by atoms with Crippen molar-refractivity contribution in [2.24, 2.45) is 28.2 Å². The minimum absolute atomic E-state index is 0.106. The van der Waals surface area contributed by atoms with Gasteiger partial charge in [-0.25, -0.2) is 4.79 Å². The van der Waals surface area contributed by atoms with E-state index in [9.17, 15) is 9.59 Å². The quantitative estimate of drug-likeness (QED) is 0.242. The molecule has 2 amide bonds. The number of allylic oxidation sites excluding steroid dienone is 3. The molecule has 0 bridgehead atoms. The molecule has 5 aliphatic rings. The molecule has 9 nitrogen and oxygen atoms in total. The van der Waals surface area contributed by atoms with Gasteiger partial charge < -0.3 is 25.2 Å². The molecule has 0 saturated carbocycles. The minimum atomic E-state index is -0.574. The number of carbonyl (C=O) groups excluding carboxylic acids is 2. The van der Waals surface area contributed by atoms with Crippen LogP contribution >= 0.6 is 11.8 Å². The van der Waals surface area contributed by atoms with Gasteiger partial charge in [0.2, 0.25) is 11.9 Å². The van der Waals surface area contributed by atoms with Crippen LogP contribution in [0.3, 0.4) is 0 Å². The molecular formula is C35H54N6O3S. The summed E-state index contributed by atoms with van der Waals surface area (Å²) in [5.74, 6) is 1.57. The number of hydrogen-bond acceptors (Lipinski definition) is 7. The molecule has 1 aliphatic carbocycles. The maximum absolute atomic E-state index is 14.0. The Balaban J connectivity index is 1.46. The molecule has 5 atom stereocenters. The first-order chi connectivity index (χ1) is 21.5. The third kappa shape index (κ3) is 7.32. The normalized spacial score (nSPS) is 27.9. The third-order valence-corrected chi connectivity index (χ3v) is 11.4. The highest BCUT2D eigenvalue weighted by Gasteiger charge is 2.48. The Kier molecular flexibility index (Phi) is 10.7. The monoisotopic (exact) mass is 638 g/mol. The molecule has 0 aromatic heterocycles. The van der Waals surface area contributed by atoms with Crippen molar-refractivity contribution in [1.82, 2.24) is 25.8 Å². The van der Waals surface area contributed by atoms with E-state index >= 15 is 0 Å². The number of likely N-dealkylation sites (tertiary alicyclic amines) is 1. The fraction of sp³-hybridized carbons (Fsp3) is 0.686. The van der Waals surface area contributed by atoms with Gasteiger partial charge in [-0.2, -0.15) is 0 Å². The Morgan fingerprint density at radius 2 is 1.96 bits per heavy atom. The molecule has 2 saturated heterocycles. The number of piperazine rings is 1. The number of thioether (sulfide) groups is 1. The highest BCUT2D eigenvalue weighted by Crippen LogP contribution is 2.53. The van der Waals surface area contributed by atoms with Crippen LogP contribution in [0, 0.1) is 23.2 Å². The molecule has 4 aliphatic heterocycles. The van der Waals surface area contributed by atoms with Crippen LogP contribution in [0.2, 0.25) is 0 Å². The number of guanidine groups is 1. The van der Waals surface area contributed by atoms with Crippen molar-refractivity contribution < 1.29 is 14.3 Å². The Labute approximate surface area is 274 Å². The second-order valence-corrected chi connectivity index (χ2v) is 15.0. The number of hydrogen-bond donors (Lipinski definition) is 3. The van der Waals surface area contributed by atoms with Gasteiger partial charge in [-0.05, 0) is 81.3 Å². The van der Waals surface area contributed by atoms with E-state index in [2.05, 4.69) is 85.5 Å². The van der Waals surface area contributed by atoms with E-state index in [0.29, 0.717) is 31.1 Å². The van der Waals surface area contributed by atoms with Crippen LogP contribution in [-0.2, 0) is 9.53 Å². The Bertz CT molecular complexity index is 1290. The van der Waals surface area contributed by atoms with E-state index in [1.807, 2.05) is 11.8 Å². The van der Waals surface area contributed by atoms with Crippen molar-refractivity contribution in [3.8, 4) is 0 Å². The van der Waals surface area contributed by atoms with Crippen LogP contribution in [0.1, 0.15) is 74.1 Å². The SMILES string of the molecule is CCOC(=O)NC(=NC[C@@H](C)C1=C(C2=CC(C)CC(C)=C2)NC2SC(C(C)(C)C(=O)N3CCCC3CC)=CC12)N1CCNCC1. The van der Waals surface area contributed by atoms with Crippen molar-refractivity contribution in [3.63, 3.8) is 0 Å². The minimum Gasteiger partial charge on any atom is -0.450 e. The Morgan fingerprint density at radius 1 is 1.20 bits per heavy atom. The van der Waals surface area contributed by atoms with Crippen LogP contribution in [0.15, 0.2) is 50.5 Å². The Morgan fingerprint density at radius 3 is 2.64 bits per heavy atom. The summed E-state index contributed by atoms with van der Waals surface area (Å²) >= 11 is 1.82. The highest BCUT2D eigenvalue weighted by molar-refractivity contribution is 8.04. The van der Waals surface area contributed by atoms with Crippen molar-refractivity contribution in [1.29, 1.82) is 0 Å². The van der Waals surface area contributed by atoms with Crippen LogP contribution in [0.4, 0.5) is 4.79 Å². The van der Waals surface area contributed by atoms with Gasteiger partial charge in [-0.15, -0.1) is 11.8 Å². The lowest BCUT2D eigenvalue weighted by Gasteiger charge is -2.34. The van der Waals surface area contributed by atoms with E-state index in [1.54, 1.807) is 6.92 Å². The summed E-state index contributed by atoms with van der Waals surface area (Å²) in [5.41, 5.74) is 4.62. The topological polar surface area (TPSA) is 98.3 Å². The number of nitrogens with one attached hydrogen (secondary N) is 3. The number of amides is 2. The van der Waals surface area contributed by atoms with Gasteiger partial charge in [0.15, 0.2) is 0 Å². The molecule has 0 aromatic rings. The van der Waals surface area contributed by atoms with Gasteiger partial charge in [0.25, 0.3) is 0 Å². The smallest absolute Gasteiger partial charge is 0.413 e. The number of alkyl carbamates (subject to hydrolysis) is 1. The van der Waals surface area contributed by atoms with E-state index in [4.69, 9.17) is 9.73 Å². The van der Waals surface area contributed by atoms with Crippen LogP contribution in [-0.4, -0.2) is 85.1 Å². The molecule has 0 spiro atoms. The zero-order valence-corrected chi connectivity index (χ0v) is 29.2. The van der Waals surface area contributed by atoms with Crippen LogP contribution in [0.5, 0.6) is 0 Å².